The fourth-order valence-corrected chi connectivity index (χ4v) is 2.45. The quantitative estimate of drug-likeness (QED) is 0.687. The van der Waals surface area contributed by atoms with Crippen molar-refractivity contribution in [3.05, 3.63) is 90.0 Å². The average Bonchev–Trinajstić information content (AvgIpc) is 2.49. The van der Waals surface area contributed by atoms with E-state index in [-0.39, 0.29) is 0 Å². The Kier molecular flexibility index (Phi) is 3.51. The van der Waals surface area contributed by atoms with Crippen LogP contribution in [0.3, 0.4) is 0 Å². The Hall–Kier alpha value is -2.54. The van der Waals surface area contributed by atoms with Crippen molar-refractivity contribution in [1.29, 1.82) is 0 Å². The van der Waals surface area contributed by atoms with Crippen LogP contribution in [0.1, 0.15) is 11.1 Å². The summed E-state index contributed by atoms with van der Waals surface area (Å²) in [5, 5.41) is 0. The second-order valence-electron chi connectivity index (χ2n) is 4.99. The molecule has 98 valence electrons. The molecule has 3 aromatic carbocycles. The molecule has 1 nitrogen and oxygen atoms in total. The fourth-order valence-electron chi connectivity index (χ4n) is 2.45. The number of benzene rings is 3. The normalized spacial score (nSPS) is 10.4. The number of rotatable bonds is 3. The van der Waals surface area contributed by atoms with Crippen LogP contribution < -0.4 is 5.73 Å². The van der Waals surface area contributed by atoms with Crippen LogP contribution in [-0.4, -0.2) is 0 Å². The maximum atomic E-state index is 6.05. The zero-order valence-corrected chi connectivity index (χ0v) is 11.3. The lowest BCUT2D eigenvalue weighted by atomic mass is 9.98. The van der Waals surface area contributed by atoms with Crippen LogP contribution in [0, 0.1) is 0 Å². The largest absolute Gasteiger partial charge is 0.399 e. The molecule has 0 aliphatic rings. The molecule has 3 rings (SSSR count). The van der Waals surface area contributed by atoms with Gasteiger partial charge < -0.3 is 5.73 Å². The van der Waals surface area contributed by atoms with Gasteiger partial charge >= 0.3 is 0 Å². The highest BCUT2D eigenvalue weighted by molar-refractivity contribution is 5.68. The summed E-state index contributed by atoms with van der Waals surface area (Å²) < 4.78 is 0. The third-order valence-corrected chi connectivity index (χ3v) is 3.37. The van der Waals surface area contributed by atoms with Crippen molar-refractivity contribution in [2.45, 2.75) is 6.42 Å². The van der Waals surface area contributed by atoms with E-state index in [1.54, 1.807) is 0 Å². The maximum Gasteiger partial charge on any atom is 0.0323 e. The predicted molar refractivity (Wildman–Crippen MR) is 85.5 cm³/mol. The molecule has 2 N–H and O–H groups in total. The van der Waals surface area contributed by atoms with Crippen molar-refractivity contribution in [2.24, 2.45) is 0 Å². The SMILES string of the molecule is Nc1cc(Cc2ccccc2)cc(-c2ccccc2)c1. The molecule has 0 fully saturated rings. The van der Waals surface area contributed by atoms with Gasteiger partial charge in [-0.1, -0.05) is 66.7 Å². The second kappa shape index (κ2) is 5.62. The van der Waals surface area contributed by atoms with Gasteiger partial charge in [-0.2, -0.15) is 0 Å². The highest BCUT2D eigenvalue weighted by atomic mass is 14.5. The van der Waals surface area contributed by atoms with Gasteiger partial charge in [0, 0.05) is 5.69 Å². The Morgan fingerprint density at radius 3 is 1.95 bits per heavy atom. The Morgan fingerprint density at radius 2 is 1.25 bits per heavy atom. The van der Waals surface area contributed by atoms with Gasteiger partial charge in [-0.15, -0.1) is 0 Å². The van der Waals surface area contributed by atoms with Crippen LogP contribution in [0.15, 0.2) is 78.9 Å². The number of hydrogen-bond donors (Lipinski definition) is 1. The molecule has 0 atom stereocenters. The summed E-state index contributed by atoms with van der Waals surface area (Å²) in [5.41, 5.74) is 11.8. The number of nitrogens with two attached hydrogens (primary N) is 1. The van der Waals surface area contributed by atoms with E-state index in [1.165, 1.54) is 22.3 Å². The molecule has 0 heterocycles. The number of anilines is 1. The molecule has 0 saturated heterocycles. The minimum Gasteiger partial charge on any atom is -0.399 e. The minimum absolute atomic E-state index is 0.817. The van der Waals surface area contributed by atoms with E-state index >= 15 is 0 Å². The number of nitrogen functional groups attached to an aromatic ring is 1. The van der Waals surface area contributed by atoms with Gasteiger partial charge in [-0.05, 0) is 40.8 Å². The highest BCUT2D eigenvalue weighted by Crippen LogP contribution is 2.24. The summed E-state index contributed by atoms with van der Waals surface area (Å²) in [4.78, 5) is 0. The van der Waals surface area contributed by atoms with Gasteiger partial charge in [-0.25, -0.2) is 0 Å². The minimum atomic E-state index is 0.817. The summed E-state index contributed by atoms with van der Waals surface area (Å²) >= 11 is 0. The van der Waals surface area contributed by atoms with Gasteiger partial charge in [0.1, 0.15) is 0 Å². The molecule has 0 amide bonds. The van der Waals surface area contributed by atoms with E-state index in [0.29, 0.717) is 0 Å². The molecular formula is C19H17N. The summed E-state index contributed by atoms with van der Waals surface area (Å²) in [6, 6.07) is 27.1. The lowest BCUT2D eigenvalue weighted by Gasteiger charge is -2.08. The maximum absolute atomic E-state index is 6.05. The monoisotopic (exact) mass is 259 g/mol. The molecular weight excluding hydrogens is 242 g/mol. The Labute approximate surface area is 119 Å². The first-order valence-electron chi connectivity index (χ1n) is 6.80. The van der Waals surface area contributed by atoms with Gasteiger partial charge in [0.15, 0.2) is 0 Å². The summed E-state index contributed by atoms with van der Waals surface area (Å²) in [6.07, 6.45) is 0.908. The molecule has 0 bridgehead atoms. The summed E-state index contributed by atoms with van der Waals surface area (Å²) in [6.45, 7) is 0. The lowest BCUT2D eigenvalue weighted by Crippen LogP contribution is -1.93. The zero-order valence-electron chi connectivity index (χ0n) is 11.3. The molecule has 20 heavy (non-hydrogen) atoms. The Bertz CT molecular complexity index is 687. The first-order valence-corrected chi connectivity index (χ1v) is 6.80. The molecule has 0 aliphatic heterocycles. The van der Waals surface area contributed by atoms with E-state index < -0.39 is 0 Å². The smallest absolute Gasteiger partial charge is 0.0323 e. The van der Waals surface area contributed by atoms with Crippen LogP contribution in [0.4, 0.5) is 5.69 Å². The van der Waals surface area contributed by atoms with Gasteiger partial charge in [0.05, 0.1) is 0 Å². The molecule has 0 aliphatic carbocycles. The molecule has 1 heteroatoms. The van der Waals surface area contributed by atoms with Crippen molar-refractivity contribution in [1.82, 2.24) is 0 Å². The molecule has 0 saturated carbocycles. The fraction of sp³-hybridized carbons (Fsp3) is 0.0526. The molecule has 0 aromatic heterocycles. The van der Waals surface area contributed by atoms with Crippen LogP contribution in [0.25, 0.3) is 11.1 Å². The summed E-state index contributed by atoms with van der Waals surface area (Å²) in [5.74, 6) is 0. The second-order valence-corrected chi connectivity index (χ2v) is 4.99. The molecule has 0 spiro atoms. The molecule has 3 aromatic rings. The first-order chi connectivity index (χ1) is 9.81. The Morgan fingerprint density at radius 1 is 0.600 bits per heavy atom. The van der Waals surface area contributed by atoms with Gasteiger partial charge in [-0.3, -0.25) is 0 Å². The van der Waals surface area contributed by atoms with Crippen LogP contribution >= 0.6 is 0 Å². The average molecular weight is 259 g/mol. The van der Waals surface area contributed by atoms with E-state index in [2.05, 4.69) is 60.7 Å². The lowest BCUT2D eigenvalue weighted by molar-refractivity contribution is 1.20. The highest BCUT2D eigenvalue weighted by Gasteiger charge is 2.02. The van der Waals surface area contributed by atoms with E-state index in [0.717, 1.165) is 12.1 Å². The standard InChI is InChI=1S/C19H17N/c20-19-13-16(11-15-7-3-1-4-8-15)12-18(14-19)17-9-5-2-6-10-17/h1-10,12-14H,11,20H2. The van der Waals surface area contributed by atoms with Crippen LogP contribution in [0.2, 0.25) is 0 Å². The zero-order chi connectivity index (χ0) is 13.8. The van der Waals surface area contributed by atoms with E-state index in [9.17, 15) is 0 Å². The van der Waals surface area contributed by atoms with Crippen LogP contribution in [0.5, 0.6) is 0 Å². The summed E-state index contributed by atoms with van der Waals surface area (Å²) in [7, 11) is 0. The third-order valence-electron chi connectivity index (χ3n) is 3.37. The van der Waals surface area contributed by atoms with E-state index in [1.807, 2.05) is 18.2 Å². The van der Waals surface area contributed by atoms with E-state index in [4.69, 9.17) is 5.73 Å². The number of hydrogen-bond acceptors (Lipinski definition) is 1. The van der Waals surface area contributed by atoms with Crippen molar-refractivity contribution in [3.63, 3.8) is 0 Å². The molecule has 0 radical (unpaired) electrons. The topological polar surface area (TPSA) is 26.0 Å². The van der Waals surface area contributed by atoms with Gasteiger partial charge in [0.25, 0.3) is 0 Å². The Balaban J connectivity index is 1.95. The van der Waals surface area contributed by atoms with Crippen molar-refractivity contribution >= 4 is 5.69 Å². The first kappa shape index (κ1) is 12.5. The molecule has 0 unspecified atom stereocenters. The van der Waals surface area contributed by atoms with Gasteiger partial charge in [0.2, 0.25) is 0 Å². The van der Waals surface area contributed by atoms with Crippen molar-refractivity contribution in [2.75, 3.05) is 5.73 Å². The van der Waals surface area contributed by atoms with Crippen molar-refractivity contribution in [3.8, 4) is 11.1 Å². The third kappa shape index (κ3) is 2.89. The predicted octanol–water partition coefficient (Wildman–Crippen LogP) is 4.53. The van der Waals surface area contributed by atoms with Crippen LogP contribution in [-0.2, 0) is 6.42 Å². The van der Waals surface area contributed by atoms with Crippen molar-refractivity contribution < 1.29 is 0 Å².